The minimum atomic E-state index is 0.426. The lowest BCUT2D eigenvalue weighted by molar-refractivity contribution is 0.0791. The first kappa shape index (κ1) is 16.9. The average molecular weight is 281 g/mol. The average Bonchev–Trinajstić information content (AvgIpc) is 2.40. The van der Waals surface area contributed by atoms with Gasteiger partial charge >= 0.3 is 6.01 Å². The van der Waals surface area contributed by atoms with Gasteiger partial charge in [-0.3, -0.25) is 0 Å². The Morgan fingerprint density at radius 3 is 2.75 bits per heavy atom. The Morgan fingerprint density at radius 1 is 1.30 bits per heavy atom. The highest BCUT2D eigenvalue weighted by Crippen LogP contribution is 2.08. The van der Waals surface area contributed by atoms with E-state index >= 15 is 0 Å². The number of nitrogens with zero attached hydrogens (tertiary/aromatic N) is 2. The molecule has 0 spiro atoms. The standard InChI is InChI=1S/C15H27N3O2/c1-5-6-16-9-14-10-17-15(18-13(14)4)20-8-7-19-11-12(2)3/h10,12,16H,5-9,11H2,1-4H3. The number of nitrogens with one attached hydrogen (secondary N) is 1. The molecule has 1 N–H and O–H groups in total. The zero-order valence-corrected chi connectivity index (χ0v) is 13.1. The summed E-state index contributed by atoms with van der Waals surface area (Å²) in [6, 6.07) is 0.426. The second-order valence-electron chi connectivity index (χ2n) is 5.26. The highest BCUT2D eigenvalue weighted by molar-refractivity contribution is 5.17. The molecule has 1 aromatic rings. The summed E-state index contributed by atoms with van der Waals surface area (Å²) < 4.78 is 10.9. The largest absolute Gasteiger partial charge is 0.461 e. The third-order valence-electron chi connectivity index (χ3n) is 2.71. The molecule has 0 saturated heterocycles. The van der Waals surface area contributed by atoms with E-state index in [1.807, 2.05) is 13.1 Å². The fraction of sp³-hybridized carbons (Fsp3) is 0.733. The molecule has 0 radical (unpaired) electrons. The first-order chi connectivity index (χ1) is 9.63. The van der Waals surface area contributed by atoms with Crippen molar-refractivity contribution in [1.29, 1.82) is 0 Å². The van der Waals surface area contributed by atoms with E-state index in [2.05, 4.69) is 36.1 Å². The van der Waals surface area contributed by atoms with E-state index in [4.69, 9.17) is 9.47 Å². The van der Waals surface area contributed by atoms with Crippen LogP contribution in [0.1, 0.15) is 38.4 Å². The fourth-order valence-corrected chi connectivity index (χ4v) is 1.62. The molecule has 0 saturated carbocycles. The van der Waals surface area contributed by atoms with Crippen molar-refractivity contribution in [1.82, 2.24) is 15.3 Å². The van der Waals surface area contributed by atoms with Crippen LogP contribution in [0.5, 0.6) is 6.01 Å². The Hall–Kier alpha value is -1.20. The van der Waals surface area contributed by atoms with Gasteiger partial charge in [-0.2, -0.15) is 0 Å². The molecule has 1 rings (SSSR count). The summed E-state index contributed by atoms with van der Waals surface area (Å²) in [6.45, 7) is 12.0. The Kier molecular flexibility index (Phi) is 8.14. The molecule has 0 aliphatic rings. The van der Waals surface area contributed by atoms with Gasteiger partial charge in [0.1, 0.15) is 6.61 Å². The van der Waals surface area contributed by atoms with E-state index in [9.17, 15) is 0 Å². The lowest BCUT2D eigenvalue weighted by atomic mass is 10.2. The third kappa shape index (κ3) is 6.82. The molecule has 0 fully saturated rings. The maximum absolute atomic E-state index is 5.48. The van der Waals surface area contributed by atoms with Gasteiger partial charge in [-0.05, 0) is 25.8 Å². The van der Waals surface area contributed by atoms with E-state index in [0.717, 1.165) is 37.4 Å². The first-order valence-corrected chi connectivity index (χ1v) is 7.37. The van der Waals surface area contributed by atoms with Crippen LogP contribution in [0.4, 0.5) is 0 Å². The number of hydrogen-bond acceptors (Lipinski definition) is 5. The van der Waals surface area contributed by atoms with Gasteiger partial charge in [0.15, 0.2) is 0 Å². The summed E-state index contributed by atoms with van der Waals surface area (Å²) in [6.07, 6.45) is 2.95. The third-order valence-corrected chi connectivity index (χ3v) is 2.71. The van der Waals surface area contributed by atoms with E-state index in [1.54, 1.807) is 0 Å². The Morgan fingerprint density at radius 2 is 2.10 bits per heavy atom. The predicted octanol–water partition coefficient (Wildman–Crippen LogP) is 2.34. The van der Waals surface area contributed by atoms with Gasteiger partial charge in [0, 0.05) is 30.6 Å². The van der Waals surface area contributed by atoms with Crippen LogP contribution < -0.4 is 10.1 Å². The molecular formula is C15H27N3O2. The Bertz CT molecular complexity index is 383. The molecule has 0 unspecified atom stereocenters. The van der Waals surface area contributed by atoms with Gasteiger partial charge in [0.25, 0.3) is 0 Å². The number of rotatable bonds is 10. The summed E-state index contributed by atoms with van der Waals surface area (Å²) in [7, 11) is 0. The molecule has 20 heavy (non-hydrogen) atoms. The molecule has 0 aliphatic heterocycles. The highest BCUT2D eigenvalue weighted by atomic mass is 16.5. The normalized spacial score (nSPS) is 11.1. The van der Waals surface area contributed by atoms with Crippen LogP contribution in [0.15, 0.2) is 6.20 Å². The van der Waals surface area contributed by atoms with Crippen LogP contribution in [0.2, 0.25) is 0 Å². The molecule has 0 aliphatic carbocycles. The fourth-order valence-electron chi connectivity index (χ4n) is 1.62. The quantitative estimate of drug-likeness (QED) is 0.667. The molecule has 1 aromatic heterocycles. The number of aryl methyl sites for hydroxylation is 1. The van der Waals surface area contributed by atoms with E-state index < -0.39 is 0 Å². The molecule has 1 heterocycles. The summed E-state index contributed by atoms with van der Waals surface area (Å²) in [5, 5.41) is 3.34. The summed E-state index contributed by atoms with van der Waals surface area (Å²) in [5.41, 5.74) is 2.07. The first-order valence-electron chi connectivity index (χ1n) is 7.37. The van der Waals surface area contributed by atoms with Crippen LogP contribution in [0.25, 0.3) is 0 Å². The minimum absolute atomic E-state index is 0.426. The molecule has 5 nitrogen and oxygen atoms in total. The zero-order chi connectivity index (χ0) is 14.8. The van der Waals surface area contributed by atoms with E-state index in [0.29, 0.717) is 25.1 Å². The molecular weight excluding hydrogens is 254 g/mol. The molecule has 114 valence electrons. The molecule has 5 heteroatoms. The number of hydrogen-bond donors (Lipinski definition) is 1. The van der Waals surface area contributed by atoms with Crippen molar-refractivity contribution < 1.29 is 9.47 Å². The van der Waals surface area contributed by atoms with Gasteiger partial charge in [0.2, 0.25) is 0 Å². The number of ether oxygens (including phenoxy) is 2. The van der Waals surface area contributed by atoms with Gasteiger partial charge < -0.3 is 14.8 Å². The topological polar surface area (TPSA) is 56.3 Å². The van der Waals surface area contributed by atoms with Gasteiger partial charge in [0.05, 0.1) is 6.61 Å². The van der Waals surface area contributed by atoms with Gasteiger partial charge in [-0.15, -0.1) is 0 Å². The van der Waals surface area contributed by atoms with E-state index in [1.165, 1.54) is 0 Å². The Labute approximate surface area is 122 Å². The summed E-state index contributed by atoms with van der Waals surface area (Å²) in [5.74, 6) is 0.545. The van der Waals surface area contributed by atoms with Crippen molar-refractivity contribution in [2.75, 3.05) is 26.4 Å². The number of aromatic nitrogens is 2. The summed E-state index contributed by atoms with van der Waals surface area (Å²) in [4.78, 5) is 8.58. The second kappa shape index (κ2) is 9.66. The molecule has 0 amide bonds. The Balaban J connectivity index is 2.31. The lowest BCUT2D eigenvalue weighted by Gasteiger charge is -2.09. The minimum Gasteiger partial charge on any atom is -0.461 e. The van der Waals surface area contributed by atoms with Crippen LogP contribution >= 0.6 is 0 Å². The predicted molar refractivity (Wildman–Crippen MR) is 79.9 cm³/mol. The maximum Gasteiger partial charge on any atom is 0.316 e. The van der Waals surface area contributed by atoms with Crippen molar-refractivity contribution >= 4 is 0 Å². The molecule has 0 aromatic carbocycles. The molecule has 0 atom stereocenters. The monoisotopic (exact) mass is 281 g/mol. The van der Waals surface area contributed by atoms with Crippen LogP contribution in [-0.4, -0.2) is 36.3 Å². The lowest BCUT2D eigenvalue weighted by Crippen LogP contribution is -2.16. The SMILES string of the molecule is CCCNCc1cnc(OCCOCC(C)C)nc1C. The maximum atomic E-state index is 5.48. The van der Waals surface area contributed by atoms with Crippen LogP contribution in [-0.2, 0) is 11.3 Å². The summed E-state index contributed by atoms with van der Waals surface area (Å²) >= 11 is 0. The van der Waals surface area contributed by atoms with Crippen molar-refractivity contribution in [3.05, 3.63) is 17.5 Å². The van der Waals surface area contributed by atoms with Gasteiger partial charge in [-0.25, -0.2) is 9.97 Å². The highest BCUT2D eigenvalue weighted by Gasteiger charge is 2.04. The van der Waals surface area contributed by atoms with Crippen LogP contribution in [0.3, 0.4) is 0 Å². The van der Waals surface area contributed by atoms with Crippen molar-refractivity contribution in [3.8, 4) is 6.01 Å². The second-order valence-corrected chi connectivity index (χ2v) is 5.26. The van der Waals surface area contributed by atoms with Gasteiger partial charge in [-0.1, -0.05) is 20.8 Å². The van der Waals surface area contributed by atoms with Crippen molar-refractivity contribution in [2.24, 2.45) is 5.92 Å². The van der Waals surface area contributed by atoms with Crippen molar-refractivity contribution in [2.45, 2.75) is 40.7 Å². The van der Waals surface area contributed by atoms with Crippen LogP contribution in [0, 0.1) is 12.8 Å². The zero-order valence-electron chi connectivity index (χ0n) is 13.1. The van der Waals surface area contributed by atoms with Crippen molar-refractivity contribution in [3.63, 3.8) is 0 Å². The molecule has 0 bridgehead atoms. The smallest absolute Gasteiger partial charge is 0.316 e. The van der Waals surface area contributed by atoms with E-state index in [-0.39, 0.29) is 0 Å².